The number of carbonyl (C=O) groups excluding carboxylic acids is 3. The summed E-state index contributed by atoms with van der Waals surface area (Å²) in [5.74, 6) is -1.23. The summed E-state index contributed by atoms with van der Waals surface area (Å²) in [6.45, 7) is 1.84. The van der Waals surface area contributed by atoms with Crippen LogP contribution in [-0.2, 0) is 0 Å². The molecule has 3 aromatic rings. The number of amides is 3. The minimum atomic E-state index is -0.447. The van der Waals surface area contributed by atoms with Gasteiger partial charge in [-0.15, -0.1) is 11.3 Å². The van der Waals surface area contributed by atoms with E-state index in [0.717, 1.165) is 15.1 Å². The van der Waals surface area contributed by atoms with Gasteiger partial charge in [-0.2, -0.15) is 0 Å². The summed E-state index contributed by atoms with van der Waals surface area (Å²) < 4.78 is 0.847. The second-order valence-corrected chi connectivity index (χ2v) is 7.70. The van der Waals surface area contributed by atoms with E-state index in [1.807, 2.05) is 12.3 Å². The fourth-order valence-electron chi connectivity index (χ4n) is 2.79. The molecule has 1 aliphatic rings. The van der Waals surface area contributed by atoms with Crippen LogP contribution >= 0.6 is 27.3 Å². The third-order valence-corrected chi connectivity index (χ3v) is 5.48. The summed E-state index contributed by atoms with van der Waals surface area (Å²) in [7, 11) is 0. The lowest BCUT2D eigenvalue weighted by Crippen LogP contribution is -2.29. The number of carbonyl (C=O) groups is 3. The van der Waals surface area contributed by atoms with Gasteiger partial charge in [0.15, 0.2) is 5.13 Å². The highest BCUT2D eigenvalue weighted by atomic mass is 79.9. The first-order valence-electron chi connectivity index (χ1n) is 7.96. The predicted molar refractivity (Wildman–Crippen MR) is 107 cm³/mol. The number of halogens is 1. The van der Waals surface area contributed by atoms with Crippen molar-refractivity contribution in [2.75, 3.05) is 10.2 Å². The zero-order valence-electron chi connectivity index (χ0n) is 14.0. The van der Waals surface area contributed by atoms with E-state index < -0.39 is 11.8 Å². The minimum absolute atomic E-state index is 0.214. The predicted octanol–water partition coefficient (Wildman–Crippen LogP) is 4.27. The Labute approximate surface area is 167 Å². The molecule has 1 aromatic heterocycles. The zero-order valence-corrected chi connectivity index (χ0v) is 16.4. The SMILES string of the molecule is Cc1csc(NC(=O)c2ccc3c(c2)C(=O)N(c2ccc(Br)cc2)C3=O)n1. The first-order valence-corrected chi connectivity index (χ1v) is 9.63. The number of rotatable bonds is 3. The molecule has 0 spiro atoms. The summed E-state index contributed by atoms with van der Waals surface area (Å²) in [5, 5.41) is 5.01. The van der Waals surface area contributed by atoms with Gasteiger partial charge in [-0.1, -0.05) is 15.9 Å². The van der Waals surface area contributed by atoms with Crippen molar-refractivity contribution in [1.82, 2.24) is 4.98 Å². The number of thiazole rings is 1. The van der Waals surface area contributed by atoms with E-state index in [2.05, 4.69) is 26.2 Å². The summed E-state index contributed by atoms with van der Waals surface area (Å²) in [4.78, 5) is 43.2. The standard InChI is InChI=1S/C19H12BrN3O3S/c1-10-9-27-19(21-10)22-16(24)11-2-7-14-15(8-11)18(26)23(17(14)25)13-5-3-12(20)4-6-13/h2-9H,1H3,(H,21,22,24). The smallest absolute Gasteiger partial charge is 0.266 e. The number of anilines is 2. The Morgan fingerprint density at radius 1 is 1.07 bits per heavy atom. The van der Waals surface area contributed by atoms with E-state index in [0.29, 0.717) is 16.4 Å². The Balaban J connectivity index is 1.64. The molecule has 2 heterocycles. The summed E-state index contributed by atoms with van der Waals surface area (Å²) >= 11 is 4.65. The summed E-state index contributed by atoms with van der Waals surface area (Å²) in [5.41, 5.74) is 2.08. The van der Waals surface area contributed by atoms with Crippen molar-refractivity contribution in [1.29, 1.82) is 0 Å². The first-order chi connectivity index (χ1) is 12.9. The van der Waals surface area contributed by atoms with E-state index >= 15 is 0 Å². The molecule has 0 atom stereocenters. The number of aryl methyl sites for hydroxylation is 1. The van der Waals surface area contributed by atoms with E-state index in [-0.39, 0.29) is 17.0 Å². The van der Waals surface area contributed by atoms with Gasteiger partial charge >= 0.3 is 0 Å². The van der Waals surface area contributed by atoms with Gasteiger partial charge in [0.1, 0.15) is 0 Å². The number of nitrogens with one attached hydrogen (secondary N) is 1. The maximum Gasteiger partial charge on any atom is 0.266 e. The fraction of sp³-hybridized carbons (Fsp3) is 0.0526. The molecule has 134 valence electrons. The molecule has 2 aromatic carbocycles. The van der Waals surface area contributed by atoms with Gasteiger partial charge in [0.25, 0.3) is 17.7 Å². The Hall–Kier alpha value is -2.84. The number of aromatic nitrogens is 1. The molecular weight excluding hydrogens is 430 g/mol. The Morgan fingerprint density at radius 2 is 1.78 bits per heavy atom. The highest BCUT2D eigenvalue weighted by Gasteiger charge is 2.37. The third-order valence-electron chi connectivity index (χ3n) is 4.07. The Morgan fingerprint density at radius 3 is 2.44 bits per heavy atom. The lowest BCUT2D eigenvalue weighted by atomic mass is 10.1. The quantitative estimate of drug-likeness (QED) is 0.615. The molecule has 8 heteroatoms. The molecular formula is C19H12BrN3O3S. The molecule has 0 bridgehead atoms. The van der Waals surface area contributed by atoms with E-state index in [1.165, 1.54) is 29.5 Å². The third kappa shape index (κ3) is 3.17. The van der Waals surface area contributed by atoms with E-state index in [1.54, 1.807) is 24.3 Å². The maximum atomic E-state index is 12.8. The van der Waals surface area contributed by atoms with Crippen LogP contribution in [0.15, 0.2) is 52.3 Å². The van der Waals surface area contributed by atoms with Crippen LogP contribution in [0.5, 0.6) is 0 Å². The van der Waals surface area contributed by atoms with Crippen molar-refractivity contribution >= 4 is 55.8 Å². The van der Waals surface area contributed by atoms with Crippen LogP contribution < -0.4 is 10.2 Å². The van der Waals surface area contributed by atoms with Gasteiger partial charge < -0.3 is 0 Å². The molecule has 4 rings (SSSR count). The van der Waals surface area contributed by atoms with Crippen molar-refractivity contribution in [3.8, 4) is 0 Å². The normalized spacial score (nSPS) is 13.0. The zero-order chi connectivity index (χ0) is 19.1. The average molecular weight is 442 g/mol. The van der Waals surface area contributed by atoms with E-state index in [4.69, 9.17) is 0 Å². The van der Waals surface area contributed by atoms with Crippen molar-refractivity contribution in [2.24, 2.45) is 0 Å². The fourth-order valence-corrected chi connectivity index (χ4v) is 3.73. The first kappa shape index (κ1) is 17.6. The van der Waals surface area contributed by atoms with Crippen LogP contribution in [0.4, 0.5) is 10.8 Å². The van der Waals surface area contributed by atoms with E-state index in [9.17, 15) is 14.4 Å². The second-order valence-electron chi connectivity index (χ2n) is 5.93. The maximum absolute atomic E-state index is 12.8. The van der Waals surface area contributed by atoms with Crippen LogP contribution in [-0.4, -0.2) is 22.7 Å². The monoisotopic (exact) mass is 441 g/mol. The molecule has 0 aliphatic carbocycles. The molecule has 0 unspecified atom stereocenters. The van der Waals surface area contributed by atoms with Gasteiger partial charge in [-0.3, -0.25) is 19.7 Å². The number of fused-ring (bicyclic) bond motifs is 1. The summed E-state index contributed by atoms with van der Waals surface area (Å²) in [6.07, 6.45) is 0. The van der Waals surface area contributed by atoms with Crippen molar-refractivity contribution < 1.29 is 14.4 Å². The Bertz CT molecular complexity index is 1090. The minimum Gasteiger partial charge on any atom is -0.298 e. The van der Waals surface area contributed by atoms with Crippen LogP contribution in [0, 0.1) is 6.92 Å². The number of hydrogen-bond acceptors (Lipinski definition) is 5. The molecule has 0 saturated heterocycles. The van der Waals surface area contributed by atoms with Crippen LogP contribution in [0.2, 0.25) is 0 Å². The van der Waals surface area contributed by atoms with Gasteiger partial charge in [0, 0.05) is 15.4 Å². The van der Waals surface area contributed by atoms with Gasteiger partial charge in [0.2, 0.25) is 0 Å². The van der Waals surface area contributed by atoms with Crippen molar-refractivity contribution in [3.05, 3.63) is 74.7 Å². The number of hydrogen-bond donors (Lipinski definition) is 1. The van der Waals surface area contributed by atoms with Gasteiger partial charge in [-0.25, -0.2) is 9.88 Å². The highest BCUT2D eigenvalue weighted by Crippen LogP contribution is 2.30. The topological polar surface area (TPSA) is 79.4 Å². The number of nitrogens with zero attached hydrogens (tertiary/aromatic N) is 2. The van der Waals surface area contributed by atoms with Crippen molar-refractivity contribution in [2.45, 2.75) is 6.92 Å². The van der Waals surface area contributed by atoms with Crippen LogP contribution in [0.1, 0.15) is 36.8 Å². The highest BCUT2D eigenvalue weighted by molar-refractivity contribution is 9.10. The van der Waals surface area contributed by atoms with Crippen molar-refractivity contribution in [3.63, 3.8) is 0 Å². The molecule has 1 aliphatic heterocycles. The number of benzene rings is 2. The van der Waals surface area contributed by atoms with Crippen LogP contribution in [0.25, 0.3) is 0 Å². The lowest BCUT2D eigenvalue weighted by molar-refractivity contribution is 0.0925. The molecule has 0 radical (unpaired) electrons. The molecule has 6 nitrogen and oxygen atoms in total. The van der Waals surface area contributed by atoms with Gasteiger partial charge in [-0.05, 0) is 49.4 Å². The summed E-state index contributed by atoms with van der Waals surface area (Å²) in [6, 6.07) is 11.4. The molecule has 1 N–H and O–H groups in total. The second kappa shape index (κ2) is 6.71. The molecule has 27 heavy (non-hydrogen) atoms. The largest absolute Gasteiger partial charge is 0.298 e. The Kier molecular flexibility index (Phi) is 4.37. The molecule has 0 fully saturated rings. The number of imide groups is 1. The van der Waals surface area contributed by atoms with Gasteiger partial charge in [0.05, 0.1) is 22.5 Å². The van der Waals surface area contributed by atoms with Crippen LogP contribution in [0.3, 0.4) is 0 Å². The molecule has 3 amide bonds. The average Bonchev–Trinajstić information content (AvgIpc) is 3.17. The molecule has 0 saturated carbocycles. The lowest BCUT2D eigenvalue weighted by Gasteiger charge is -2.13.